The molecule has 3 atom stereocenters. The van der Waals surface area contributed by atoms with Crippen LogP contribution in [0, 0.1) is 0 Å². The minimum absolute atomic E-state index is 0.142. The second kappa shape index (κ2) is 9.67. The number of esters is 1. The van der Waals surface area contributed by atoms with Gasteiger partial charge in [0.2, 0.25) is 0 Å². The predicted molar refractivity (Wildman–Crippen MR) is 95.2 cm³/mol. The minimum Gasteiger partial charge on any atom is -0.462 e. The predicted octanol–water partition coefficient (Wildman–Crippen LogP) is 2.97. The molecule has 1 N–H and O–H groups in total. The molecule has 0 aromatic carbocycles. The zero-order valence-electron chi connectivity index (χ0n) is 16.5. The molecule has 6 nitrogen and oxygen atoms in total. The lowest BCUT2D eigenvalue weighted by molar-refractivity contribution is -0.189. The third kappa shape index (κ3) is 7.44. The molecule has 0 spiro atoms. The van der Waals surface area contributed by atoms with Crippen LogP contribution in [0.5, 0.6) is 0 Å². The quantitative estimate of drug-likeness (QED) is 0.368. The molecule has 1 aliphatic heterocycles. The van der Waals surface area contributed by atoms with Gasteiger partial charge < -0.3 is 24.1 Å². The van der Waals surface area contributed by atoms with Crippen LogP contribution in [0.15, 0.2) is 11.6 Å². The summed E-state index contributed by atoms with van der Waals surface area (Å²) < 4.78 is 22.1. The molecular weight excluding hydrogens is 324 g/mol. The summed E-state index contributed by atoms with van der Waals surface area (Å²) in [6.07, 6.45) is 4.76. The number of methoxy groups -OCH3 is 1. The summed E-state index contributed by atoms with van der Waals surface area (Å²) in [7, 11) is 1.60. The van der Waals surface area contributed by atoms with Gasteiger partial charge in [0.05, 0.1) is 23.4 Å². The van der Waals surface area contributed by atoms with E-state index in [9.17, 15) is 9.90 Å². The minimum atomic E-state index is -0.872. The van der Waals surface area contributed by atoms with Gasteiger partial charge in [-0.1, -0.05) is 5.57 Å². The van der Waals surface area contributed by atoms with Gasteiger partial charge in [0.25, 0.3) is 0 Å². The molecular formula is C19H34O6. The average molecular weight is 358 g/mol. The van der Waals surface area contributed by atoms with Crippen LogP contribution in [0.2, 0.25) is 0 Å². The second-order valence-electron chi connectivity index (χ2n) is 7.57. The van der Waals surface area contributed by atoms with Crippen molar-refractivity contribution in [3.63, 3.8) is 0 Å². The van der Waals surface area contributed by atoms with Crippen LogP contribution >= 0.6 is 0 Å². The van der Waals surface area contributed by atoms with Gasteiger partial charge in [-0.25, -0.2) is 0 Å². The number of hydrogen-bond acceptors (Lipinski definition) is 6. The standard InChI is InChI=1S/C19H34O6/c1-14(10-12-23-15(2)20)7-8-17(24-13-22-6)19(5)11-9-16(25-19)18(3,4)21/h10,16-17,21H,7-9,11-13H2,1-6H3/b14-10+/t16-,17-,19+/m1/s1. The topological polar surface area (TPSA) is 74.2 Å². The second-order valence-corrected chi connectivity index (χ2v) is 7.57. The van der Waals surface area contributed by atoms with Gasteiger partial charge in [-0.15, -0.1) is 0 Å². The summed E-state index contributed by atoms with van der Waals surface area (Å²) in [5, 5.41) is 10.2. The fourth-order valence-electron chi connectivity index (χ4n) is 3.07. The van der Waals surface area contributed by atoms with E-state index in [1.165, 1.54) is 6.92 Å². The molecule has 1 fully saturated rings. The van der Waals surface area contributed by atoms with Crippen molar-refractivity contribution < 1.29 is 28.8 Å². The lowest BCUT2D eigenvalue weighted by atomic mass is 9.90. The average Bonchev–Trinajstić information content (AvgIpc) is 2.90. The first-order valence-electron chi connectivity index (χ1n) is 8.88. The Morgan fingerprint density at radius 2 is 2.12 bits per heavy atom. The first kappa shape index (κ1) is 22.1. The molecule has 0 aromatic rings. The molecule has 1 aliphatic rings. The van der Waals surface area contributed by atoms with Crippen LogP contribution in [-0.4, -0.2) is 55.0 Å². The number of carbonyl (C=O) groups is 1. The van der Waals surface area contributed by atoms with Gasteiger partial charge in [-0.05, 0) is 59.5 Å². The maximum Gasteiger partial charge on any atom is 0.302 e. The molecule has 0 radical (unpaired) electrons. The third-order valence-corrected chi connectivity index (χ3v) is 4.69. The molecule has 0 bridgehead atoms. The van der Waals surface area contributed by atoms with E-state index in [-0.39, 0.29) is 25.0 Å². The summed E-state index contributed by atoms with van der Waals surface area (Å²) >= 11 is 0. The normalized spacial score (nSPS) is 25.9. The fraction of sp³-hybridized carbons (Fsp3) is 0.842. The molecule has 1 saturated heterocycles. The maximum atomic E-state index is 10.8. The Morgan fingerprint density at radius 3 is 2.64 bits per heavy atom. The Kier molecular flexibility index (Phi) is 8.54. The van der Waals surface area contributed by atoms with Gasteiger partial charge in [0.15, 0.2) is 0 Å². The molecule has 146 valence electrons. The van der Waals surface area contributed by atoms with Gasteiger partial charge in [-0.2, -0.15) is 0 Å². The first-order chi connectivity index (χ1) is 11.6. The van der Waals surface area contributed by atoms with Crippen LogP contribution in [0.4, 0.5) is 0 Å². The molecule has 0 amide bonds. The van der Waals surface area contributed by atoms with Crippen LogP contribution < -0.4 is 0 Å². The van der Waals surface area contributed by atoms with Crippen LogP contribution in [0.1, 0.15) is 60.3 Å². The highest BCUT2D eigenvalue weighted by Crippen LogP contribution is 2.40. The van der Waals surface area contributed by atoms with E-state index in [2.05, 4.69) is 0 Å². The lowest BCUT2D eigenvalue weighted by Crippen LogP contribution is -2.45. The van der Waals surface area contributed by atoms with Crippen molar-refractivity contribution in [2.24, 2.45) is 0 Å². The highest BCUT2D eigenvalue weighted by atomic mass is 16.7. The van der Waals surface area contributed by atoms with Gasteiger partial charge in [-0.3, -0.25) is 4.79 Å². The SMILES string of the molecule is COCO[C@H](CC/C(C)=C/COC(C)=O)[C@]1(C)CC[C@H](C(C)(C)O)O1. The number of carbonyl (C=O) groups excluding carboxylic acids is 1. The Morgan fingerprint density at radius 1 is 1.44 bits per heavy atom. The molecule has 0 aliphatic carbocycles. The van der Waals surface area contributed by atoms with Crippen molar-refractivity contribution in [1.82, 2.24) is 0 Å². The third-order valence-electron chi connectivity index (χ3n) is 4.69. The van der Waals surface area contributed by atoms with E-state index in [0.717, 1.165) is 31.3 Å². The summed E-state index contributed by atoms with van der Waals surface area (Å²) in [5.74, 6) is -0.283. The molecule has 25 heavy (non-hydrogen) atoms. The van der Waals surface area contributed by atoms with Crippen LogP contribution in [0.25, 0.3) is 0 Å². The number of ether oxygens (including phenoxy) is 4. The Labute approximate surface area is 151 Å². The zero-order valence-corrected chi connectivity index (χ0v) is 16.5. The van der Waals surface area contributed by atoms with E-state index in [0.29, 0.717) is 6.61 Å². The van der Waals surface area contributed by atoms with Gasteiger partial charge in [0, 0.05) is 14.0 Å². The summed E-state index contributed by atoms with van der Waals surface area (Å²) in [6.45, 7) is 9.49. The Bertz CT molecular complexity index is 453. The van der Waals surface area contributed by atoms with Crippen molar-refractivity contribution in [2.75, 3.05) is 20.5 Å². The monoisotopic (exact) mass is 358 g/mol. The largest absolute Gasteiger partial charge is 0.462 e. The number of hydrogen-bond donors (Lipinski definition) is 1. The summed E-state index contributed by atoms with van der Waals surface area (Å²) in [4.78, 5) is 10.8. The van der Waals surface area contributed by atoms with E-state index in [1.54, 1.807) is 21.0 Å². The molecule has 0 saturated carbocycles. The van der Waals surface area contributed by atoms with Crippen LogP contribution in [0.3, 0.4) is 0 Å². The fourth-order valence-corrected chi connectivity index (χ4v) is 3.07. The van der Waals surface area contributed by atoms with Crippen molar-refractivity contribution in [1.29, 1.82) is 0 Å². The highest BCUT2D eigenvalue weighted by Gasteiger charge is 2.47. The van der Waals surface area contributed by atoms with Crippen molar-refractivity contribution >= 4 is 5.97 Å². The summed E-state index contributed by atoms with van der Waals surface area (Å²) in [6, 6.07) is 0. The van der Waals surface area contributed by atoms with Gasteiger partial charge in [0.1, 0.15) is 13.4 Å². The molecule has 6 heteroatoms. The van der Waals surface area contributed by atoms with E-state index >= 15 is 0 Å². The highest BCUT2D eigenvalue weighted by molar-refractivity contribution is 5.66. The Hall–Kier alpha value is -0.950. The first-order valence-corrected chi connectivity index (χ1v) is 8.88. The zero-order chi connectivity index (χ0) is 19.1. The number of allylic oxidation sites excluding steroid dienone is 1. The molecule has 1 heterocycles. The Balaban J connectivity index is 2.66. The molecule has 0 aromatic heterocycles. The lowest BCUT2D eigenvalue weighted by Gasteiger charge is -2.36. The number of rotatable bonds is 10. The molecule has 0 unspecified atom stereocenters. The van der Waals surface area contributed by atoms with E-state index < -0.39 is 11.2 Å². The number of aliphatic hydroxyl groups is 1. The van der Waals surface area contributed by atoms with E-state index in [4.69, 9.17) is 18.9 Å². The summed E-state index contributed by atoms with van der Waals surface area (Å²) in [5.41, 5.74) is -0.198. The van der Waals surface area contributed by atoms with Crippen molar-refractivity contribution in [3.8, 4) is 0 Å². The van der Waals surface area contributed by atoms with Crippen LogP contribution in [-0.2, 0) is 23.7 Å². The molecule has 1 rings (SSSR count). The van der Waals surface area contributed by atoms with Crippen molar-refractivity contribution in [2.45, 2.75) is 83.7 Å². The van der Waals surface area contributed by atoms with Crippen molar-refractivity contribution in [3.05, 3.63) is 11.6 Å². The smallest absolute Gasteiger partial charge is 0.302 e. The van der Waals surface area contributed by atoms with Gasteiger partial charge >= 0.3 is 5.97 Å². The van der Waals surface area contributed by atoms with E-state index in [1.807, 2.05) is 19.9 Å². The maximum absolute atomic E-state index is 10.8.